The third-order valence-corrected chi connectivity index (χ3v) is 3.37. The quantitative estimate of drug-likeness (QED) is 0.781. The van der Waals surface area contributed by atoms with Gasteiger partial charge in [0.25, 0.3) is 5.91 Å². The third kappa shape index (κ3) is 3.57. The highest BCUT2D eigenvalue weighted by Crippen LogP contribution is 2.16. The molecule has 3 aromatic rings. The van der Waals surface area contributed by atoms with Gasteiger partial charge in [0.15, 0.2) is 0 Å². The van der Waals surface area contributed by atoms with Crippen LogP contribution in [0.5, 0.6) is 5.75 Å². The van der Waals surface area contributed by atoms with Crippen LogP contribution in [0.2, 0.25) is 0 Å². The minimum atomic E-state index is -0.548. The molecule has 1 aromatic carbocycles. The van der Waals surface area contributed by atoms with Gasteiger partial charge in [0.05, 0.1) is 30.8 Å². The highest BCUT2D eigenvalue weighted by molar-refractivity contribution is 5.93. The molecule has 1 N–H and O–H groups in total. The lowest BCUT2D eigenvalue weighted by Crippen LogP contribution is -2.22. The second-order valence-corrected chi connectivity index (χ2v) is 5.07. The van der Waals surface area contributed by atoms with Crippen LogP contribution in [0.4, 0.5) is 4.39 Å². The Morgan fingerprint density at radius 1 is 1.29 bits per heavy atom. The van der Waals surface area contributed by atoms with Crippen molar-refractivity contribution in [2.75, 3.05) is 7.11 Å². The molecule has 0 aliphatic heterocycles. The van der Waals surface area contributed by atoms with Crippen molar-refractivity contribution in [2.24, 2.45) is 0 Å². The average molecular weight is 326 g/mol. The summed E-state index contributed by atoms with van der Waals surface area (Å²) in [5.74, 6) is -0.207. The lowest BCUT2D eigenvalue weighted by atomic mass is 10.2. The summed E-state index contributed by atoms with van der Waals surface area (Å²) in [6.07, 6.45) is 5.83. The van der Waals surface area contributed by atoms with E-state index in [9.17, 15) is 9.18 Å². The first-order valence-corrected chi connectivity index (χ1v) is 7.22. The summed E-state index contributed by atoms with van der Waals surface area (Å²) in [7, 11) is 1.60. The summed E-state index contributed by atoms with van der Waals surface area (Å²) >= 11 is 0. The van der Waals surface area contributed by atoms with Crippen LogP contribution in [0.15, 0.2) is 55.1 Å². The maximum atomic E-state index is 13.1. The van der Waals surface area contributed by atoms with Gasteiger partial charge in [-0.15, -0.1) is 0 Å². The topological polar surface area (TPSA) is 69.0 Å². The van der Waals surface area contributed by atoms with E-state index >= 15 is 0 Å². The molecule has 0 bridgehead atoms. The second-order valence-electron chi connectivity index (χ2n) is 5.07. The zero-order chi connectivity index (χ0) is 16.9. The number of hydrogen-bond donors (Lipinski definition) is 1. The molecular weight excluding hydrogens is 311 g/mol. The number of methoxy groups -OCH3 is 1. The number of rotatable bonds is 5. The van der Waals surface area contributed by atoms with Crippen LogP contribution in [-0.2, 0) is 6.54 Å². The van der Waals surface area contributed by atoms with Gasteiger partial charge in [-0.1, -0.05) is 6.07 Å². The Kier molecular flexibility index (Phi) is 4.51. The molecule has 7 heteroatoms. The molecule has 0 aliphatic rings. The summed E-state index contributed by atoms with van der Waals surface area (Å²) in [5, 5.41) is 6.97. The highest BCUT2D eigenvalue weighted by Gasteiger charge is 2.08. The first-order chi connectivity index (χ1) is 11.7. The molecule has 0 aliphatic carbocycles. The number of benzene rings is 1. The van der Waals surface area contributed by atoms with Crippen molar-refractivity contribution >= 4 is 5.91 Å². The van der Waals surface area contributed by atoms with E-state index in [1.807, 2.05) is 24.3 Å². The fourth-order valence-corrected chi connectivity index (χ4v) is 2.17. The molecule has 0 unspecified atom stereocenters. The Hall–Kier alpha value is -3.22. The number of amides is 1. The van der Waals surface area contributed by atoms with Gasteiger partial charge in [0, 0.05) is 30.6 Å². The largest absolute Gasteiger partial charge is 0.497 e. The third-order valence-electron chi connectivity index (χ3n) is 3.37. The van der Waals surface area contributed by atoms with Gasteiger partial charge in [0.1, 0.15) is 11.6 Å². The van der Waals surface area contributed by atoms with Gasteiger partial charge in [0.2, 0.25) is 0 Å². The van der Waals surface area contributed by atoms with E-state index in [1.165, 1.54) is 6.20 Å². The summed E-state index contributed by atoms with van der Waals surface area (Å²) in [5.41, 5.74) is 1.84. The number of halogens is 1. The number of nitrogens with zero attached hydrogens (tertiary/aromatic N) is 3. The molecule has 0 atom stereocenters. The Morgan fingerprint density at radius 3 is 2.96 bits per heavy atom. The zero-order valence-corrected chi connectivity index (χ0v) is 12.9. The van der Waals surface area contributed by atoms with Crippen molar-refractivity contribution in [3.8, 4) is 11.4 Å². The normalized spacial score (nSPS) is 10.4. The lowest BCUT2D eigenvalue weighted by Gasteiger charge is -2.04. The zero-order valence-electron chi connectivity index (χ0n) is 12.9. The van der Waals surface area contributed by atoms with Crippen molar-refractivity contribution in [1.29, 1.82) is 0 Å². The fraction of sp³-hybridized carbons (Fsp3) is 0.118. The number of nitrogens with one attached hydrogen (secondary N) is 1. The molecule has 0 spiro atoms. The first kappa shape index (κ1) is 15.7. The predicted molar refractivity (Wildman–Crippen MR) is 85.5 cm³/mol. The predicted octanol–water partition coefficient (Wildman–Crippen LogP) is 2.34. The van der Waals surface area contributed by atoms with E-state index in [0.29, 0.717) is 0 Å². The number of hydrogen-bond acceptors (Lipinski definition) is 4. The van der Waals surface area contributed by atoms with Gasteiger partial charge in [-0.2, -0.15) is 5.10 Å². The Balaban J connectivity index is 1.67. The summed E-state index contributed by atoms with van der Waals surface area (Å²) in [6.45, 7) is 0.277. The maximum absolute atomic E-state index is 13.1. The van der Waals surface area contributed by atoms with Crippen molar-refractivity contribution in [3.05, 3.63) is 72.1 Å². The van der Waals surface area contributed by atoms with Crippen LogP contribution < -0.4 is 10.1 Å². The molecule has 0 saturated carbocycles. The Labute approximate surface area is 137 Å². The van der Waals surface area contributed by atoms with E-state index in [0.717, 1.165) is 29.3 Å². The molecule has 0 saturated heterocycles. The number of ether oxygens (including phenoxy) is 1. The smallest absolute Gasteiger partial charge is 0.253 e. The summed E-state index contributed by atoms with van der Waals surface area (Å²) < 4.78 is 20.0. The molecule has 122 valence electrons. The van der Waals surface area contributed by atoms with Gasteiger partial charge >= 0.3 is 0 Å². The summed E-state index contributed by atoms with van der Waals surface area (Å²) in [4.78, 5) is 15.6. The van der Waals surface area contributed by atoms with E-state index in [4.69, 9.17) is 4.74 Å². The van der Waals surface area contributed by atoms with Crippen molar-refractivity contribution < 1.29 is 13.9 Å². The van der Waals surface area contributed by atoms with Crippen molar-refractivity contribution in [1.82, 2.24) is 20.1 Å². The van der Waals surface area contributed by atoms with Gasteiger partial charge in [-0.3, -0.25) is 9.78 Å². The van der Waals surface area contributed by atoms with Crippen LogP contribution in [-0.4, -0.2) is 27.8 Å². The van der Waals surface area contributed by atoms with Crippen LogP contribution in [0.1, 0.15) is 15.9 Å². The molecule has 24 heavy (non-hydrogen) atoms. The number of carbonyl (C=O) groups excluding carboxylic acids is 1. The molecule has 6 nitrogen and oxygen atoms in total. The standard InChI is InChI=1S/C17H15FN4O2/c1-24-16-4-2-3-15(6-16)22-11-12(8-21-22)7-20-17(23)13-5-14(18)10-19-9-13/h2-6,8-11H,7H2,1H3,(H,20,23). The average Bonchev–Trinajstić information content (AvgIpc) is 3.09. The van der Waals surface area contributed by atoms with Crippen molar-refractivity contribution in [2.45, 2.75) is 6.54 Å². The van der Waals surface area contributed by atoms with Crippen molar-refractivity contribution in [3.63, 3.8) is 0 Å². The van der Waals surface area contributed by atoms with E-state index < -0.39 is 11.7 Å². The highest BCUT2D eigenvalue weighted by atomic mass is 19.1. The molecule has 2 heterocycles. The summed E-state index contributed by atoms with van der Waals surface area (Å²) in [6, 6.07) is 8.61. The fourth-order valence-electron chi connectivity index (χ4n) is 2.17. The van der Waals surface area contributed by atoms with Crippen LogP contribution in [0, 0.1) is 5.82 Å². The minimum absolute atomic E-state index is 0.176. The first-order valence-electron chi connectivity index (χ1n) is 7.22. The Morgan fingerprint density at radius 2 is 2.17 bits per heavy atom. The molecule has 0 fully saturated rings. The van der Waals surface area contributed by atoms with E-state index in [-0.39, 0.29) is 12.1 Å². The van der Waals surface area contributed by atoms with Crippen LogP contribution >= 0.6 is 0 Å². The monoisotopic (exact) mass is 326 g/mol. The van der Waals surface area contributed by atoms with Crippen LogP contribution in [0.3, 0.4) is 0 Å². The molecular formula is C17H15FN4O2. The van der Waals surface area contributed by atoms with E-state index in [2.05, 4.69) is 15.4 Å². The number of pyridine rings is 1. The van der Waals surface area contributed by atoms with Gasteiger partial charge in [-0.05, 0) is 18.2 Å². The van der Waals surface area contributed by atoms with Gasteiger partial charge < -0.3 is 10.1 Å². The van der Waals surface area contributed by atoms with Crippen LogP contribution in [0.25, 0.3) is 5.69 Å². The number of aromatic nitrogens is 3. The SMILES string of the molecule is COc1cccc(-n2cc(CNC(=O)c3cncc(F)c3)cn2)c1. The van der Waals surface area contributed by atoms with E-state index in [1.54, 1.807) is 24.2 Å². The minimum Gasteiger partial charge on any atom is -0.497 e. The second kappa shape index (κ2) is 6.91. The molecule has 3 rings (SSSR count). The molecule has 1 amide bonds. The maximum Gasteiger partial charge on any atom is 0.253 e. The lowest BCUT2D eigenvalue weighted by molar-refractivity contribution is 0.0950. The Bertz CT molecular complexity index is 863. The number of carbonyl (C=O) groups is 1. The molecule has 2 aromatic heterocycles. The van der Waals surface area contributed by atoms with Gasteiger partial charge in [-0.25, -0.2) is 9.07 Å². The molecule has 0 radical (unpaired) electrons.